The Morgan fingerprint density at radius 1 is 1.44 bits per heavy atom. The average Bonchev–Trinajstić information content (AvgIpc) is 2.36. The molecule has 0 amide bonds. The van der Waals surface area contributed by atoms with Crippen LogP contribution in [0.1, 0.15) is 45.4 Å². The van der Waals surface area contributed by atoms with Gasteiger partial charge in [0, 0.05) is 19.1 Å². The number of piperidine rings is 1. The van der Waals surface area contributed by atoms with Gasteiger partial charge in [-0.15, -0.1) is 0 Å². The van der Waals surface area contributed by atoms with Crippen molar-refractivity contribution in [1.82, 2.24) is 9.80 Å². The highest BCUT2D eigenvalue weighted by Crippen LogP contribution is 2.15. The molecule has 4 heteroatoms. The summed E-state index contributed by atoms with van der Waals surface area (Å²) < 4.78 is 0. The third kappa shape index (κ3) is 5.83. The minimum Gasteiger partial charge on any atom is -0.481 e. The maximum absolute atomic E-state index is 10.6. The molecule has 1 aliphatic rings. The zero-order valence-corrected chi connectivity index (χ0v) is 11.9. The maximum Gasteiger partial charge on any atom is 0.304 e. The molecular formula is C14H28N2O2. The lowest BCUT2D eigenvalue weighted by Crippen LogP contribution is -2.47. The molecule has 1 saturated heterocycles. The fraction of sp³-hybridized carbons (Fsp3) is 0.929. The zero-order valence-electron chi connectivity index (χ0n) is 11.9. The Balaban J connectivity index is 2.26. The third-order valence-electron chi connectivity index (χ3n) is 3.86. The van der Waals surface area contributed by atoms with Crippen molar-refractivity contribution in [3.63, 3.8) is 0 Å². The van der Waals surface area contributed by atoms with Gasteiger partial charge in [0.2, 0.25) is 0 Å². The Bertz CT molecular complexity index is 246. The number of carboxylic acids is 1. The molecule has 0 aliphatic carbocycles. The number of likely N-dealkylation sites (tertiary alicyclic amines) is 1. The second-order valence-corrected chi connectivity index (χ2v) is 5.43. The van der Waals surface area contributed by atoms with Crippen LogP contribution in [0.4, 0.5) is 0 Å². The first-order valence-electron chi connectivity index (χ1n) is 7.28. The van der Waals surface area contributed by atoms with Gasteiger partial charge >= 0.3 is 5.97 Å². The second kappa shape index (κ2) is 8.48. The molecule has 18 heavy (non-hydrogen) atoms. The van der Waals surface area contributed by atoms with Gasteiger partial charge in [-0.25, -0.2) is 0 Å². The first-order valence-corrected chi connectivity index (χ1v) is 7.28. The highest BCUT2D eigenvalue weighted by atomic mass is 16.4. The molecule has 1 unspecified atom stereocenters. The van der Waals surface area contributed by atoms with Gasteiger partial charge in [-0.2, -0.15) is 0 Å². The topological polar surface area (TPSA) is 43.8 Å². The molecule has 4 nitrogen and oxygen atoms in total. The molecule has 0 saturated carbocycles. The van der Waals surface area contributed by atoms with Crippen molar-refractivity contribution in [3.8, 4) is 0 Å². The lowest BCUT2D eigenvalue weighted by atomic mass is 10.0. The van der Waals surface area contributed by atoms with E-state index in [4.69, 9.17) is 5.11 Å². The smallest absolute Gasteiger partial charge is 0.304 e. The molecule has 1 heterocycles. The number of hydrogen-bond acceptors (Lipinski definition) is 3. The van der Waals surface area contributed by atoms with Crippen molar-refractivity contribution in [1.29, 1.82) is 0 Å². The van der Waals surface area contributed by atoms with Crippen LogP contribution < -0.4 is 0 Å². The van der Waals surface area contributed by atoms with Crippen molar-refractivity contribution in [2.75, 3.05) is 33.2 Å². The van der Waals surface area contributed by atoms with Gasteiger partial charge in [0.15, 0.2) is 0 Å². The Morgan fingerprint density at radius 3 is 2.89 bits per heavy atom. The molecule has 1 fully saturated rings. The van der Waals surface area contributed by atoms with Gasteiger partial charge in [-0.3, -0.25) is 4.79 Å². The van der Waals surface area contributed by atoms with Crippen molar-refractivity contribution in [3.05, 3.63) is 0 Å². The summed E-state index contributed by atoms with van der Waals surface area (Å²) in [4.78, 5) is 15.4. The molecule has 1 N–H and O–H groups in total. The van der Waals surface area contributed by atoms with Crippen LogP contribution in [0.15, 0.2) is 0 Å². The van der Waals surface area contributed by atoms with E-state index in [-0.39, 0.29) is 6.42 Å². The van der Waals surface area contributed by atoms with E-state index in [1.165, 1.54) is 45.2 Å². The van der Waals surface area contributed by atoms with E-state index < -0.39 is 5.97 Å². The number of nitrogens with zero attached hydrogens (tertiary/aromatic N) is 2. The van der Waals surface area contributed by atoms with Crippen molar-refractivity contribution in [2.24, 2.45) is 0 Å². The first-order chi connectivity index (χ1) is 8.63. The van der Waals surface area contributed by atoms with Gasteiger partial charge in [0.1, 0.15) is 0 Å². The zero-order chi connectivity index (χ0) is 13.4. The predicted molar refractivity (Wildman–Crippen MR) is 73.9 cm³/mol. The molecule has 0 aromatic carbocycles. The van der Waals surface area contributed by atoms with E-state index >= 15 is 0 Å². The summed E-state index contributed by atoms with van der Waals surface area (Å²) in [6.07, 6.45) is 6.59. The fourth-order valence-electron chi connectivity index (χ4n) is 2.63. The largest absolute Gasteiger partial charge is 0.481 e. The molecule has 0 spiro atoms. The molecule has 0 aromatic heterocycles. The van der Waals surface area contributed by atoms with Gasteiger partial charge in [0.25, 0.3) is 0 Å². The summed E-state index contributed by atoms with van der Waals surface area (Å²) in [7, 11) is 2.06. The predicted octanol–water partition coefficient (Wildman–Crippen LogP) is 2.05. The summed E-state index contributed by atoms with van der Waals surface area (Å²) in [5.74, 6) is -0.697. The monoisotopic (exact) mass is 256 g/mol. The van der Waals surface area contributed by atoms with E-state index in [9.17, 15) is 4.79 Å². The second-order valence-electron chi connectivity index (χ2n) is 5.43. The van der Waals surface area contributed by atoms with Crippen LogP contribution in [-0.2, 0) is 4.79 Å². The molecule has 0 radical (unpaired) electrons. The molecule has 1 rings (SSSR count). The number of carboxylic acid groups (broad SMARTS) is 1. The summed E-state index contributed by atoms with van der Waals surface area (Å²) >= 11 is 0. The van der Waals surface area contributed by atoms with E-state index in [1.807, 2.05) is 0 Å². The van der Waals surface area contributed by atoms with Crippen LogP contribution >= 0.6 is 0 Å². The third-order valence-corrected chi connectivity index (χ3v) is 3.86. The summed E-state index contributed by atoms with van der Waals surface area (Å²) in [6, 6.07) is 0.541. The summed E-state index contributed by atoms with van der Waals surface area (Å²) in [5.41, 5.74) is 0. The molecular weight excluding hydrogens is 228 g/mol. The highest BCUT2D eigenvalue weighted by Gasteiger charge is 2.22. The Labute approximate surface area is 111 Å². The average molecular weight is 256 g/mol. The highest BCUT2D eigenvalue weighted by molar-refractivity contribution is 5.66. The first kappa shape index (κ1) is 15.4. The minimum absolute atomic E-state index is 0.253. The minimum atomic E-state index is -0.697. The van der Waals surface area contributed by atoms with Crippen LogP contribution in [0.2, 0.25) is 0 Å². The van der Waals surface area contributed by atoms with E-state index in [1.54, 1.807) is 0 Å². The Morgan fingerprint density at radius 2 is 2.22 bits per heavy atom. The standard InChI is InChI=1S/C14H28N2O2/c1-3-4-5-9-16-10-6-7-13(12-16)15(2)11-8-14(17)18/h13H,3-12H2,1-2H3,(H,17,18). The lowest BCUT2D eigenvalue weighted by Gasteiger charge is -2.37. The molecule has 106 valence electrons. The number of hydrogen-bond donors (Lipinski definition) is 1. The van der Waals surface area contributed by atoms with Gasteiger partial charge in [-0.1, -0.05) is 19.8 Å². The fourth-order valence-corrected chi connectivity index (χ4v) is 2.63. The van der Waals surface area contributed by atoms with Crippen molar-refractivity contribution >= 4 is 5.97 Å². The number of rotatable bonds is 8. The summed E-state index contributed by atoms with van der Waals surface area (Å²) in [6.45, 7) is 6.44. The summed E-state index contributed by atoms with van der Waals surface area (Å²) in [5, 5.41) is 8.72. The SMILES string of the molecule is CCCCCN1CCCC(N(C)CCC(=O)O)C1. The molecule has 0 aromatic rings. The number of aliphatic carboxylic acids is 1. The maximum atomic E-state index is 10.6. The molecule has 1 atom stereocenters. The van der Waals surface area contributed by atoms with E-state index in [0.29, 0.717) is 12.6 Å². The van der Waals surface area contributed by atoms with Crippen LogP contribution in [0.3, 0.4) is 0 Å². The lowest BCUT2D eigenvalue weighted by molar-refractivity contribution is -0.137. The molecule has 1 aliphatic heterocycles. The van der Waals surface area contributed by atoms with Crippen molar-refractivity contribution < 1.29 is 9.90 Å². The van der Waals surface area contributed by atoms with Crippen LogP contribution in [-0.4, -0.2) is 60.1 Å². The van der Waals surface area contributed by atoms with E-state index in [2.05, 4.69) is 23.8 Å². The van der Waals surface area contributed by atoms with Crippen LogP contribution in [0.5, 0.6) is 0 Å². The number of unbranched alkanes of at least 4 members (excludes halogenated alkanes) is 2. The van der Waals surface area contributed by atoms with Gasteiger partial charge in [0.05, 0.1) is 6.42 Å². The van der Waals surface area contributed by atoms with Crippen LogP contribution in [0, 0.1) is 0 Å². The normalized spacial score (nSPS) is 21.4. The number of carbonyl (C=O) groups is 1. The number of likely N-dealkylation sites (N-methyl/N-ethyl adjacent to an activating group) is 1. The van der Waals surface area contributed by atoms with Gasteiger partial charge < -0.3 is 14.9 Å². The van der Waals surface area contributed by atoms with Crippen molar-refractivity contribution in [2.45, 2.75) is 51.5 Å². The van der Waals surface area contributed by atoms with Gasteiger partial charge in [-0.05, 0) is 39.4 Å². The van der Waals surface area contributed by atoms with E-state index in [0.717, 1.165) is 6.54 Å². The Kier molecular flexibility index (Phi) is 7.28. The van der Waals surface area contributed by atoms with Crippen LogP contribution in [0.25, 0.3) is 0 Å². The molecule has 0 bridgehead atoms. The Hall–Kier alpha value is -0.610. The quantitative estimate of drug-likeness (QED) is 0.675.